The lowest BCUT2D eigenvalue weighted by Crippen LogP contribution is -2.48. The molecule has 6 nitrogen and oxygen atoms in total. The minimum absolute atomic E-state index is 0.155. The van der Waals surface area contributed by atoms with Crippen molar-refractivity contribution in [3.63, 3.8) is 0 Å². The summed E-state index contributed by atoms with van der Waals surface area (Å²) in [5.74, 6) is 0.424. The Labute approximate surface area is 132 Å². The zero-order valence-corrected chi connectivity index (χ0v) is 14.1. The second-order valence-corrected chi connectivity index (χ2v) is 8.89. The summed E-state index contributed by atoms with van der Waals surface area (Å²) in [6.07, 6.45) is 6.00. The fourth-order valence-corrected chi connectivity index (χ4v) is 4.40. The van der Waals surface area contributed by atoms with E-state index < -0.39 is 10.0 Å². The van der Waals surface area contributed by atoms with Gasteiger partial charge in [0, 0.05) is 38.2 Å². The molecule has 2 saturated heterocycles. The lowest BCUT2D eigenvalue weighted by Gasteiger charge is -2.34. The molecular weight excluding hydrogens is 304 g/mol. The zero-order chi connectivity index (χ0) is 15.7. The molecule has 0 aromatic heterocycles. The SMILES string of the molecule is CS(=O)(=O)N1CCC[C@H](C(=O)N(C[C@H]2CCOC2)C2CC2)C1. The molecule has 3 rings (SSSR count). The maximum absolute atomic E-state index is 12.9. The molecule has 0 radical (unpaired) electrons. The minimum Gasteiger partial charge on any atom is -0.381 e. The Bertz CT molecular complexity index is 512. The van der Waals surface area contributed by atoms with E-state index in [1.54, 1.807) is 0 Å². The molecule has 0 unspecified atom stereocenters. The molecule has 0 bridgehead atoms. The molecular formula is C15H26N2O4S. The number of amides is 1. The number of nitrogens with zero attached hydrogens (tertiary/aromatic N) is 2. The number of hydrogen-bond donors (Lipinski definition) is 0. The molecule has 0 aromatic rings. The van der Waals surface area contributed by atoms with E-state index in [1.807, 2.05) is 4.90 Å². The first-order chi connectivity index (χ1) is 10.4. The normalized spacial score (nSPS) is 30.4. The van der Waals surface area contributed by atoms with E-state index in [9.17, 15) is 13.2 Å². The number of carbonyl (C=O) groups excluding carboxylic acids is 1. The minimum atomic E-state index is -3.20. The van der Waals surface area contributed by atoms with Gasteiger partial charge in [-0.3, -0.25) is 4.79 Å². The van der Waals surface area contributed by atoms with E-state index in [0.29, 0.717) is 25.0 Å². The molecule has 126 valence electrons. The summed E-state index contributed by atoms with van der Waals surface area (Å²) in [6, 6.07) is 0.377. The predicted molar refractivity (Wildman–Crippen MR) is 82.8 cm³/mol. The summed E-state index contributed by atoms with van der Waals surface area (Å²) in [7, 11) is -3.20. The molecule has 1 amide bonds. The van der Waals surface area contributed by atoms with Crippen LogP contribution in [0.25, 0.3) is 0 Å². The van der Waals surface area contributed by atoms with Crippen molar-refractivity contribution < 1.29 is 17.9 Å². The van der Waals surface area contributed by atoms with Crippen molar-refractivity contribution in [3.8, 4) is 0 Å². The third kappa shape index (κ3) is 3.81. The van der Waals surface area contributed by atoms with Gasteiger partial charge in [-0.25, -0.2) is 12.7 Å². The first kappa shape index (κ1) is 16.2. The van der Waals surface area contributed by atoms with Crippen LogP contribution in [0.3, 0.4) is 0 Å². The van der Waals surface area contributed by atoms with E-state index in [-0.39, 0.29) is 11.8 Å². The molecule has 3 fully saturated rings. The van der Waals surface area contributed by atoms with Gasteiger partial charge >= 0.3 is 0 Å². The van der Waals surface area contributed by atoms with E-state index in [2.05, 4.69) is 0 Å². The van der Waals surface area contributed by atoms with Crippen LogP contribution in [0.2, 0.25) is 0 Å². The Kier molecular flexibility index (Phi) is 4.75. The molecule has 7 heteroatoms. The van der Waals surface area contributed by atoms with Crippen LogP contribution in [0.15, 0.2) is 0 Å². The largest absolute Gasteiger partial charge is 0.381 e. The van der Waals surface area contributed by atoms with E-state index in [4.69, 9.17) is 4.74 Å². The van der Waals surface area contributed by atoms with Crippen LogP contribution >= 0.6 is 0 Å². The van der Waals surface area contributed by atoms with Gasteiger partial charge in [0.05, 0.1) is 18.8 Å². The van der Waals surface area contributed by atoms with Crippen LogP contribution in [-0.2, 0) is 19.6 Å². The fourth-order valence-electron chi connectivity index (χ4n) is 3.49. The number of carbonyl (C=O) groups is 1. The highest BCUT2D eigenvalue weighted by molar-refractivity contribution is 7.88. The van der Waals surface area contributed by atoms with Gasteiger partial charge < -0.3 is 9.64 Å². The van der Waals surface area contributed by atoms with Crippen LogP contribution < -0.4 is 0 Å². The van der Waals surface area contributed by atoms with E-state index in [0.717, 1.165) is 51.9 Å². The summed E-state index contributed by atoms with van der Waals surface area (Å²) in [5.41, 5.74) is 0. The Morgan fingerprint density at radius 2 is 2.05 bits per heavy atom. The quantitative estimate of drug-likeness (QED) is 0.744. The van der Waals surface area contributed by atoms with Crippen LogP contribution in [-0.4, -0.2) is 68.7 Å². The molecule has 2 heterocycles. The second-order valence-electron chi connectivity index (χ2n) is 6.91. The van der Waals surface area contributed by atoms with Gasteiger partial charge in [-0.15, -0.1) is 0 Å². The summed E-state index contributed by atoms with van der Waals surface area (Å²) in [4.78, 5) is 14.9. The number of hydrogen-bond acceptors (Lipinski definition) is 4. The number of piperidine rings is 1. The van der Waals surface area contributed by atoms with Gasteiger partial charge in [-0.05, 0) is 32.1 Å². The van der Waals surface area contributed by atoms with Gasteiger partial charge in [-0.1, -0.05) is 0 Å². The molecule has 0 spiro atoms. The summed E-state index contributed by atoms with van der Waals surface area (Å²) < 4.78 is 30.3. The van der Waals surface area contributed by atoms with Crippen molar-refractivity contribution >= 4 is 15.9 Å². The first-order valence-electron chi connectivity index (χ1n) is 8.28. The smallest absolute Gasteiger partial charge is 0.227 e. The summed E-state index contributed by atoms with van der Waals surface area (Å²) in [5, 5.41) is 0. The third-order valence-electron chi connectivity index (χ3n) is 4.95. The van der Waals surface area contributed by atoms with Crippen molar-refractivity contribution in [2.75, 3.05) is 39.1 Å². The molecule has 1 aliphatic carbocycles. The topological polar surface area (TPSA) is 66.9 Å². The zero-order valence-electron chi connectivity index (χ0n) is 13.2. The Balaban J connectivity index is 1.64. The van der Waals surface area contributed by atoms with Gasteiger partial charge in [0.15, 0.2) is 0 Å². The lowest BCUT2D eigenvalue weighted by atomic mass is 9.97. The van der Waals surface area contributed by atoms with Crippen LogP contribution in [0.1, 0.15) is 32.1 Å². The number of sulfonamides is 1. The Hall–Kier alpha value is -0.660. The molecule has 0 N–H and O–H groups in total. The lowest BCUT2D eigenvalue weighted by molar-refractivity contribution is -0.138. The molecule has 22 heavy (non-hydrogen) atoms. The Morgan fingerprint density at radius 3 is 2.64 bits per heavy atom. The maximum Gasteiger partial charge on any atom is 0.227 e. The van der Waals surface area contributed by atoms with Crippen LogP contribution in [0.5, 0.6) is 0 Å². The van der Waals surface area contributed by atoms with Crippen molar-refractivity contribution in [2.24, 2.45) is 11.8 Å². The second kappa shape index (κ2) is 6.45. The van der Waals surface area contributed by atoms with E-state index in [1.165, 1.54) is 10.6 Å². The van der Waals surface area contributed by atoms with Gasteiger partial charge in [0.2, 0.25) is 15.9 Å². The first-order valence-corrected chi connectivity index (χ1v) is 10.1. The van der Waals surface area contributed by atoms with Gasteiger partial charge in [0.1, 0.15) is 0 Å². The average molecular weight is 330 g/mol. The number of rotatable bonds is 5. The predicted octanol–water partition coefficient (Wildman–Crippen LogP) is 0.686. The highest BCUT2D eigenvalue weighted by atomic mass is 32.2. The van der Waals surface area contributed by atoms with Crippen LogP contribution in [0.4, 0.5) is 0 Å². The Morgan fingerprint density at radius 1 is 1.27 bits per heavy atom. The van der Waals surface area contributed by atoms with Gasteiger partial charge in [0.25, 0.3) is 0 Å². The highest BCUT2D eigenvalue weighted by Crippen LogP contribution is 2.32. The van der Waals surface area contributed by atoms with Crippen molar-refractivity contribution in [1.29, 1.82) is 0 Å². The van der Waals surface area contributed by atoms with Crippen molar-refractivity contribution in [2.45, 2.75) is 38.1 Å². The molecule has 0 aromatic carbocycles. The average Bonchev–Trinajstić information content (AvgIpc) is 3.20. The van der Waals surface area contributed by atoms with Crippen molar-refractivity contribution in [3.05, 3.63) is 0 Å². The van der Waals surface area contributed by atoms with E-state index >= 15 is 0 Å². The maximum atomic E-state index is 12.9. The summed E-state index contributed by atoms with van der Waals surface area (Å²) in [6.45, 7) is 3.21. The number of ether oxygens (including phenoxy) is 1. The standard InChI is InChI=1S/C15H26N2O4S/c1-22(19,20)16-7-2-3-13(10-16)15(18)17(14-4-5-14)9-12-6-8-21-11-12/h12-14H,2-11H2,1H3/t12-,13+/m1/s1. The molecule has 2 atom stereocenters. The monoisotopic (exact) mass is 330 g/mol. The third-order valence-corrected chi connectivity index (χ3v) is 6.22. The molecule has 3 aliphatic rings. The van der Waals surface area contributed by atoms with Crippen LogP contribution in [0, 0.1) is 11.8 Å². The highest BCUT2D eigenvalue weighted by Gasteiger charge is 2.39. The molecule has 2 aliphatic heterocycles. The fraction of sp³-hybridized carbons (Fsp3) is 0.933. The molecule has 1 saturated carbocycles. The van der Waals surface area contributed by atoms with Crippen molar-refractivity contribution in [1.82, 2.24) is 9.21 Å². The van der Waals surface area contributed by atoms with Gasteiger partial charge in [-0.2, -0.15) is 0 Å². The summed E-state index contributed by atoms with van der Waals surface area (Å²) >= 11 is 0.